The van der Waals surface area contributed by atoms with Gasteiger partial charge in [0, 0.05) is 17.6 Å². The molecule has 1 rings (SSSR count). The highest BCUT2D eigenvalue weighted by Gasteiger charge is 2.16. The molecule has 0 heterocycles. The molecule has 0 bridgehead atoms. The number of halogens is 1. The second kappa shape index (κ2) is 4.84. The van der Waals surface area contributed by atoms with Crippen molar-refractivity contribution < 1.29 is 13.2 Å². The molecule has 1 aromatic rings. The summed E-state index contributed by atoms with van der Waals surface area (Å²) in [5.41, 5.74) is 1.05. The first kappa shape index (κ1) is 13.0. The number of anilines is 1. The van der Waals surface area contributed by atoms with Gasteiger partial charge in [-0.25, -0.2) is 8.42 Å². The van der Waals surface area contributed by atoms with Crippen molar-refractivity contribution in [2.75, 3.05) is 5.32 Å². The monoisotopic (exact) mass is 261 g/mol. The zero-order valence-electron chi connectivity index (χ0n) is 8.95. The van der Waals surface area contributed by atoms with Crippen molar-refractivity contribution in [3.8, 4) is 0 Å². The van der Waals surface area contributed by atoms with Gasteiger partial charge in [0.25, 0.3) is 9.05 Å². The van der Waals surface area contributed by atoms with E-state index in [1.807, 2.05) is 6.92 Å². The summed E-state index contributed by atoms with van der Waals surface area (Å²) < 4.78 is 22.6. The van der Waals surface area contributed by atoms with Crippen LogP contribution in [0.15, 0.2) is 23.1 Å². The summed E-state index contributed by atoms with van der Waals surface area (Å²) in [7, 11) is 1.44. The molecule has 0 saturated carbocycles. The molecular weight excluding hydrogens is 250 g/mol. The predicted molar refractivity (Wildman–Crippen MR) is 63.2 cm³/mol. The Labute approximate surface area is 99.0 Å². The molecule has 0 aliphatic heterocycles. The van der Waals surface area contributed by atoms with Crippen LogP contribution in [0.3, 0.4) is 0 Å². The normalized spacial score (nSPS) is 11.2. The van der Waals surface area contributed by atoms with E-state index in [9.17, 15) is 13.2 Å². The lowest BCUT2D eigenvalue weighted by molar-refractivity contribution is -0.114. The molecule has 0 saturated heterocycles. The summed E-state index contributed by atoms with van der Waals surface area (Å²) in [5, 5.41) is 2.43. The molecule has 88 valence electrons. The van der Waals surface area contributed by atoms with Crippen LogP contribution in [0.25, 0.3) is 0 Å². The van der Waals surface area contributed by atoms with Crippen LogP contribution in [0, 0.1) is 0 Å². The van der Waals surface area contributed by atoms with Gasteiger partial charge < -0.3 is 5.32 Å². The van der Waals surface area contributed by atoms with Crippen LogP contribution in [0.4, 0.5) is 5.69 Å². The number of hydrogen-bond donors (Lipinski definition) is 1. The van der Waals surface area contributed by atoms with Gasteiger partial charge in [0.15, 0.2) is 0 Å². The minimum Gasteiger partial charge on any atom is -0.325 e. The van der Waals surface area contributed by atoms with Crippen molar-refractivity contribution in [3.63, 3.8) is 0 Å². The van der Waals surface area contributed by atoms with Gasteiger partial charge in [-0.3, -0.25) is 4.79 Å². The number of aryl methyl sites for hydroxylation is 1. The molecule has 6 heteroatoms. The number of amides is 1. The van der Waals surface area contributed by atoms with Gasteiger partial charge in [0.05, 0.1) is 5.69 Å². The Morgan fingerprint density at radius 3 is 2.50 bits per heavy atom. The number of hydrogen-bond acceptors (Lipinski definition) is 3. The standard InChI is InChI=1S/C10H12ClNO3S/c1-3-8-4-5-9(12-7(2)13)10(6-8)16(11,14)15/h4-6H,3H2,1-2H3,(H,12,13). The van der Waals surface area contributed by atoms with Gasteiger partial charge >= 0.3 is 0 Å². The maximum Gasteiger partial charge on any atom is 0.263 e. The summed E-state index contributed by atoms with van der Waals surface area (Å²) in [5.74, 6) is -0.342. The highest BCUT2D eigenvalue weighted by molar-refractivity contribution is 8.13. The number of rotatable bonds is 3. The molecule has 0 atom stereocenters. The molecule has 0 aliphatic carbocycles. The second-order valence-corrected chi connectivity index (χ2v) is 5.84. The fourth-order valence-electron chi connectivity index (χ4n) is 1.28. The first-order chi connectivity index (χ1) is 7.34. The maximum absolute atomic E-state index is 11.3. The Morgan fingerprint density at radius 2 is 2.06 bits per heavy atom. The average molecular weight is 262 g/mol. The average Bonchev–Trinajstić information content (AvgIpc) is 2.15. The van der Waals surface area contributed by atoms with Crippen LogP contribution < -0.4 is 5.32 Å². The molecule has 1 N–H and O–H groups in total. The van der Waals surface area contributed by atoms with Crippen LogP contribution in [0.1, 0.15) is 19.4 Å². The van der Waals surface area contributed by atoms with E-state index in [0.717, 1.165) is 5.56 Å². The minimum absolute atomic E-state index is 0.0660. The van der Waals surface area contributed by atoms with Crippen molar-refractivity contribution in [1.82, 2.24) is 0 Å². The fourth-order valence-corrected chi connectivity index (χ4v) is 2.34. The zero-order chi connectivity index (χ0) is 12.3. The molecule has 1 aromatic carbocycles. The van der Waals surface area contributed by atoms with E-state index in [4.69, 9.17) is 10.7 Å². The van der Waals surface area contributed by atoms with Crippen LogP contribution >= 0.6 is 10.7 Å². The lowest BCUT2D eigenvalue weighted by atomic mass is 10.1. The Bertz CT molecular complexity index is 511. The summed E-state index contributed by atoms with van der Waals surface area (Å²) >= 11 is 0. The van der Waals surface area contributed by atoms with Gasteiger partial charge in [0.2, 0.25) is 5.91 Å². The molecule has 0 fully saturated rings. The van der Waals surface area contributed by atoms with E-state index < -0.39 is 9.05 Å². The smallest absolute Gasteiger partial charge is 0.263 e. The summed E-state index contributed by atoms with van der Waals surface area (Å²) in [4.78, 5) is 10.8. The number of carbonyl (C=O) groups is 1. The third-order valence-electron chi connectivity index (χ3n) is 2.03. The minimum atomic E-state index is -3.85. The van der Waals surface area contributed by atoms with E-state index in [1.165, 1.54) is 19.1 Å². The van der Waals surface area contributed by atoms with E-state index in [-0.39, 0.29) is 16.5 Å². The van der Waals surface area contributed by atoms with Crippen molar-refractivity contribution in [1.29, 1.82) is 0 Å². The Hall–Kier alpha value is -1.07. The Kier molecular flexibility index (Phi) is 3.93. The van der Waals surface area contributed by atoms with Crippen molar-refractivity contribution in [2.24, 2.45) is 0 Å². The SMILES string of the molecule is CCc1ccc(NC(C)=O)c(S(=O)(=O)Cl)c1. The molecule has 4 nitrogen and oxygen atoms in total. The van der Waals surface area contributed by atoms with Gasteiger partial charge in [-0.1, -0.05) is 13.0 Å². The van der Waals surface area contributed by atoms with E-state index in [0.29, 0.717) is 6.42 Å². The van der Waals surface area contributed by atoms with Crippen LogP contribution in [0.2, 0.25) is 0 Å². The Morgan fingerprint density at radius 1 is 1.44 bits per heavy atom. The third kappa shape index (κ3) is 3.21. The van der Waals surface area contributed by atoms with Crippen LogP contribution in [0.5, 0.6) is 0 Å². The highest BCUT2D eigenvalue weighted by atomic mass is 35.7. The van der Waals surface area contributed by atoms with Gasteiger partial charge in [-0.15, -0.1) is 0 Å². The van der Waals surface area contributed by atoms with Crippen LogP contribution in [-0.2, 0) is 20.3 Å². The number of benzene rings is 1. The van der Waals surface area contributed by atoms with Crippen molar-refractivity contribution >= 4 is 31.3 Å². The number of nitrogens with one attached hydrogen (secondary N) is 1. The molecular formula is C10H12ClNO3S. The maximum atomic E-state index is 11.3. The second-order valence-electron chi connectivity index (χ2n) is 3.30. The molecule has 0 radical (unpaired) electrons. The molecule has 0 spiro atoms. The first-order valence-corrected chi connectivity index (χ1v) is 7.00. The number of carbonyl (C=O) groups excluding carboxylic acids is 1. The lowest BCUT2D eigenvalue weighted by Crippen LogP contribution is -2.09. The molecule has 0 aromatic heterocycles. The predicted octanol–water partition coefficient (Wildman–Crippen LogP) is 2.13. The summed E-state index contributed by atoms with van der Waals surface area (Å²) in [6.07, 6.45) is 0.694. The van der Waals surface area contributed by atoms with E-state index in [2.05, 4.69) is 5.32 Å². The van der Waals surface area contributed by atoms with Crippen molar-refractivity contribution in [3.05, 3.63) is 23.8 Å². The highest BCUT2D eigenvalue weighted by Crippen LogP contribution is 2.26. The van der Waals surface area contributed by atoms with Gasteiger partial charge in [-0.05, 0) is 24.1 Å². The molecule has 1 amide bonds. The Balaban J connectivity index is 3.33. The van der Waals surface area contributed by atoms with Gasteiger partial charge in [-0.2, -0.15) is 0 Å². The summed E-state index contributed by atoms with van der Waals surface area (Å²) in [6.45, 7) is 3.20. The topological polar surface area (TPSA) is 63.2 Å². The van der Waals surface area contributed by atoms with Gasteiger partial charge in [0.1, 0.15) is 4.90 Å². The quantitative estimate of drug-likeness (QED) is 0.848. The largest absolute Gasteiger partial charge is 0.325 e. The van der Waals surface area contributed by atoms with E-state index >= 15 is 0 Å². The molecule has 16 heavy (non-hydrogen) atoms. The van der Waals surface area contributed by atoms with E-state index in [1.54, 1.807) is 6.07 Å². The summed E-state index contributed by atoms with van der Waals surface area (Å²) in [6, 6.07) is 4.75. The lowest BCUT2D eigenvalue weighted by Gasteiger charge is -2.08. The van der Waals surface area contributed by atoms with Crippen molar-refractivity contribution in [2.45, 2.75) is 25.2 Å². The third-order valence-corrected chi connectivity index (χ3v) is 3.39. The zero-order valence-corrected chi connectivity index (χ0v) is 10.5. The first-order valence-electron chi connectivity index (χ1n) is 4.69. The van der Waals surface area contributed by atoms with Crippen LogP contribution in [-0.4, -0.2) is 14.3 Å². The molecule has 0 unspecified atom stereocenters. The fraction of sp³-hybridized carbons (Fsp3) is 0.300. The molecule has 0 aliphatic rings.